The third-order valence-corrected chi connectivity index (χ3v) is 1.99. The molecule has 1 aromatic carbocycles. The molecule has 1 aliphatic rings. The second-order valence-corrected chi connectivity index (χ2v) is 2.93. The highest BCUT2D eigenvalue weighted by atomic mass is 16.5. The van der Waals surface area contributed by atoms with Crippen LogP contribution in [0.4, 0.5) is 5.69 Å². The maximum atomic E-state index is 10.9. The van der Waals surface area contributed by atoms with Gasteiger partial charge in [0.2, 0.25) is 0 Å². The number of amides is 1. The summed E-state index contributed by atoms with van der Waals surface area (Å²) in [5, 5.41) is 2.72. The molecule has 1 aromatic rings. The first-order chi connectivity index (χ1) is 6.29. The second kappa shape index (κ2) is 3.09. The van der Waals surface area contributed by atoms with E-state index in [2.05, 4.69) is 18.3 Å². The lowest BCUT2D eigenvalue weighted by atomic mass is 10.1. The van der Waals surface area contributed by atoms with Crippen LogP contribution in [-0.4, -0.2) is 12.5 Å². The first-order valence-electron chi connectivity index (χ1n) is 4.27. The van der Waals surface area contributed by atoms with E-state index in [0.717, 1.165) is 17.7 Å². The van der Waals surface area contributed by atoms with Gasteiger partial charge in [0, 0.05) is 0 Å². The van der Waals surface area contributed by atoms with Crippen LogP contribution in [0.3, 0.4) is 0 Å². The van der Waals surface area contributed by atoms with E-state index in [9.17, 15) is 4.79 Å². The van der Waals surface area contributed by atoms with Crippen LogP contribution in [0.1, 0.15) is 12.5 Å². The Labute approximate surface area is 76.7 Å². The van der Waals surface area contributed by atoms with Crippen molar-refractivity contribution in [2.75, 3.05) is 11.9 Å². The lowest BCUT2D eigenvalue weighted by Gasteiger charge is -2.17. The van der Waals surface area contributed by atoms with Crippen LogP contribution in [0.15, 0.2) is 12.1 Å². The zero-order valence-corrected chi connectivity index (χ0v) is 7.39. The summed E-state index contributed by atoms with van der Waals surface area (Å²) in [7, 11) is 0. The number of aryl methyl sites for hydroxylation is 1. The Morgan fingerprint density at radius 1 is 1.69 bits per heavy atom. The van der Waals surface area contributed by atoms with E-state index in [1.807, 2.05) is 6.07 Å². The predicted octanol–water partition coefficient (Wildman–Crippen LogP) is 1.38. The molecule has 1 amide bonds. The van der Waals surface area contributed by atoms with Crippen molar-refractivity contribution in [3.63, 3.8) is 0 Å². The number of hydrogen-bond donors (Lipinski definition) is 1. The van der Waals surface area contributed by atoms with E-state index in [-0.39, 0.29) is 12.5 Å². The topological polar surface area (TPSA) is 38.3 Å². The number of carbonyl (C=O) groups excluding carboxylic acids is 1. The smallest absolute Gasteiger partial charge is 0.262 e. The molecule has 0 saturated carbocycles. The summed E-state index contributed by atoms with van der Waals surface area (Å²) in [4.78, 5) is 10.9. The van der Waals surface area contributed by atoms with Gasteiger partial charge in [-0.1, -0.05) is 6.92 Å². The molecule has 0 saturated heterocycles. The third-order valence-electron chi connectivity index (χ3n) is 1.99. The minimum absolute atomic E-state index is 0.106. The number of ether oxygens (including phenoxy) is 1. The number of anilines is 1. The highest BCUT2D eigenvalue weighted by Crippen LogP contribution is 2.28. The molecule has 67 valence electrons. The van der Waals surface area contributed by atoms with Crippen LogP contribution < -0.4 is 10.1 Å². The molecule has 13 heavy (non-hydrogen) atoms. The Kier molecular flexibility index (Phi) is 1.93. The fourth-order valence-corrected chi connectivity index (χ4v) is 1.26. The minimum atomic E-state index is -0.106. The summed E-state index contributed by atoms with van der Waals surface area (Å²) in [6, 6.07) is 6.74. The summed E-state index contributed by atoms with van der Waals surface area (Å²) in [5.41, 5.74) is 1.81. The normalized spacial score (nSPS) is 14.4. The van der Waals surface area contributed by atoms with Gasteiger partial charge in [0.15, 0.2) is 6.61 Å². The van der Waals surface area contributed by atoms with Gasteiger partial charge in [-0.3, -0.25) is 4.79 Å². The molecule has 0 bridgehead atoms. The Balaban J connectivity index is 2.36. The number of carbonyl (C=O) groups is 1. The van der Waals surface area contributed by atoms with Crippen LogP contribution in [-0.2, 0) is 11.2 Å². The molecule has 0 atom stereocenters. The van der Waals surface area contributed by atoms with E-state index in [1.165, 1.54) is 0 Å². The van der Waals surface area contributed by atoms with E-state index in [1.54, 1.807) is 6.07 Å². The van der Waals surface area contributed by atoms with Crippen molar-refractivity contribution in [2.24, 2.45) is 0 Å². The summed E-state index contributed by atoms with van der Waals surface area (Å²) in [6.07, 6.45) is 0.921. The van der Waals surface area contributed by atoms with E-state index < -0.39 is 0 Å². The highest BCUT2D eigenvalue weighted by molar-refractivity contribution is 5.95. The number of fused-ring (bicyclic) bond motifs is 1. The Hall–Kier alpha value is -1.51. The van der Waals surface area contributed by atoms with Gasteiger partial charge < -0.3 is 10.1 Å². The van der Waals surface area contributed by atoms with Gasteiger partial charge in [-0.25, -0.2) is 0 Å². The minimum Gasteiger partial charge on any atom is -0.482 e. The first kappa shape index (κ1) is 8.10. The monoisotopic (exact) mass is 176 g/mol. The van der Waals surface area contributed by atoms with Crippen LogP contribution in [0.25, 0.3) is 0 Å². The van der Waals surface area contributed by atoms with Gasteiger partial charge in [0.05, 0.1) is 5.69 Å². The van der Waals surface area contributed by atoms with Gasteiger partial charge >= 0.3 is 0 Å². The molecule has 0 aliphatic carbocycles. The van der Waals surface area contributed by atoms with Gasteiger partial charge in [-0.2, -0.15) is 0 Å². The van der Waals surface area contributed by atoms with Crippen molar-refractivity contribution in [3.05, 3.63) is 23.8 Å². The molecule has 0 fully saturated rings. The van der Waals surface area contributed by atoms with Gasteiger partial charge in [0.25, 0.3) is 5.91 Å². The molecule has 0 unspecified atom stereocenters. The fraction of sp³-hybridized carbons (Fsp3) is 0.300. The quantitative estimate of drug-likeness (QED) is 0.702. The van der Waals surface area contributed by atoms with Crippen molar-refractivity contribution in [1.29, 1.82) is 0 Å². The molecule has 2 rings (SSSR count). The van der Waals surface area contributed by atoms with Crippen molar-refractivity contribution in [1.82, 2.24) is 0 Å². The summed E-state index contributed by atoms with van der Waals surface area (Å²) in [6.45, 7) is 2.17. The first-order valence-corrected chi connectivity index (χ1v) is 4.27. The number of benzene rings is 1. The van der Waals surface area contributed by atoms with Crippen LogP contribution in [0, 0.1) is 6.07 Å². The molecular weight excluding hydrogens is 166 g/mol. The van der Waals surface area contributed by atoms with Crippen molar-refractivity contribution >= 4 is 11.6 Å². The molecular formula is C10H10NO2. The number of nitrogens with one attached hydrogen (secondary N) is 1. The predicted molar refractivity (Wildman–Crippen MR) is 48.8 cm³/mol. The summed E-state index contributed by atoms with van der Waals surface area (Å²) in [5.74, 6) is 0.639. The molecule has 0 aromatic heterocycles. The number of rotatable bonds is 1. The molecule has 1 N–H and O–H groups in total. The molecule has 1 radical (unpaired) electrons. The maximum absolute atomic E-state index is 10.9. The Bertz CT molecular complexity index is 347. The average Bonchev–Trinajstić information content (AvgIpc) is 2.17. The maximum Gasteiger partial charge on any atom is 0.262 e. The Morgan fingerprint density at radius 2 is 2.54 bits per heavy atom. The van der Waals surface area contributed by atoms with Crippen molar-refractivity contribution < 1.29 is 9.53 Å². The van der Waals surface area contributed by atoms with Crippen molar-refractivity contribution in [3.8, 4) is 5.75 Å². The SMILES string of the molecule is CCc1[c]cc2c(c1)OCC(=O)N2. The summed E-state index contributed by atoms with van der Waals surface area (Å²) < 4.78 is 5.25. The van der Waals surface area contributed by atoms with E-state index >= 15 is 0 Å². The van der Waals surface area contributed by atoms with Gasteiger partial charge in [0.1, 0.15) is 5.75 Å². The lowest BCUT2D eigenvalue weighted by Crippen LogP contribution is -2.25. The van der Waals surface area contributed by atoms with Crippen LogP contribution in [0.2, 0.25) is 0 Å². The fourth-order valence-electron chi connectivity index (χ4n) is 1.26. The zero-order valence-electron chi connectivity index (χ0n) is 7.39. The molecule has 3 nitrogen and oxygen atoms in total. The second-order valence-electron chi connectivity index (χ2n) is 2.93. The highest BCUT2D eigenvalue weighted by Gasteiger charge is 2.15. The molecule has 1 heterocycles. The molecule has 0 spiro atoms. The summed E-state index contributed by atoms with van der Waals surface area (Å²) >= 11 is 0. The van der Waals surface area contributed by atoms with E-state index in [0.29, 0.717) is 5.69 Å². The third kappa shape index (κ3) is 1.49. The molecule has 3 heteroatoms. The largest absolute Gasteiger partial charge is 0.482 e. The Morgan fingerprint density at radius 3 is 3.31 bits per heavy atom. The van der Waals surface area contributed by atoms with Gasteiger partial charge in [-0.05, 0) is 30.2 Å². The zero-order chi connectivity index (χ0) is 9.26. The standard InChI is InChI=1S/C10H10NO2/c1-2-7-3-4-8-9(5-7)13-6-10(12)11-8/h4-5H,2,6H2,1H3,(H,11,12). The number of hydrogen-bond acceptors (Lipinski definition) is 2. The average molecular weight is 176 g/mol. The van der Waals surface area contributed by atoms with Crippen LogP contribution in [0.5, 0.6) is 5.75 Å². The molecule has 1 aliphatic heterocycles. The van der Waals surface area contributed by atoms with E-state index in [4.69, 9.17) is 4.74 Å². The van der Waals surface area contributed by atoms with Gasteiger partial charge in [-0.15, -0.1) is 0 Å². The van der Waals surface area contributed by atoms with Crippen LogP contribution >= 0.6 is 0 Å². The lowest BCUT2D eigenvalue weighted by molar-refractivity contribution is -0.118. The van der Waals surface area contributed by atoms with Crippen molar-refractivity contribution in [2.45, 2.75) is 13.3 Å².